The minimum Gasteiger partial charge on any atom is -0.477 e. The molecule has 194 valence electrons. The second kappa shape index (κ2) is 8.53. The van der Waals surface area contributed by atoms with E-state index in [4.69, 9.17) is 4.74 Å². The van der Waals surface area contributed by atoms with Gasteiger partial charge in [0.2, 0.25) is 5.43 Å². The molecule has 2 N–H and O–H groups in total. The number of nitrogens with zero attached hydrogens (tertiary/aromatic N) is 2. The molecule has 0 bridgehead atoms. The van der Waals surface area contributed by atoms with Crippen LogP contribution >= 0.6 is 0 Å². The van der Waals surface area contributed by atoms with Crippen molar-refractivity contribution in [1.82, 2.24) is 9.88 Å². The van der Waals surface area contributed by atoms with Crippen molar-refractivity contribution < 1.29 is 32.6 Å². The van der Waals surface area contributed by atoms with Crippen LogP contribution in [0, 0.1) is 29.3 Å². The summed E-state index contributed by atoms with van der Waals surface area (Å²) >= 11 is 0. The zero-order valence-electron chi connectivity index (χ0n) is 20.2. The molecule has 1 aliphatic heterocycles. The highest BCUT2D eigenvalue weighted by Crippen LogP contribution is 2.47. The van der Waals surface area contributed by atoms with Crippen LogP contribution in [-0.2, 0) is 4.74 Å². The molecule has 1 saturated heterocycles. The molecule has 1 aliphatic carbocycles. The number of rotatable bonds is 4. The summed E-state index contributed by atoms with van der Waals surface area (Å²) < 4.78 is 49.8. The molecule has 1 saturated carbocycles. The molecule has 0 spiro atoms. The van der Waals surface area contributed by atoms with Crippen LogP contribution in [0.4, 0.5) is 23.7 Å². The number of hydrogen-bond donors (Lipinski definition) is 2. The van der Waals surface area contributed by atoms with Crippen LogP contribution in [-0.4, -0.2) is 46.5 Å². The molecule has 3 aromatic rings. The third-order valence-corrected chi connectivity index (χ3v) is 6.69. The first-order valence-corrected chi connectivity index (χ1v) is 11.7. The Hall–Kier alpha value is -4.02. The minimum absolute atomic E-state index is 0.0703. The number of carbonyl (C=O) groups excluding carboxylic acids is 1. The number of carboxylic acid groups (broad SMARTS) is 1. The van der Waals surface area contributed by atoms with Gasteiger partial charge in [-0.05, 0) is 45.0 Å². The average molecular weight is 515 g/mol. The van der Waals surface area contributed by atoms with E-state index in [0.717, 1.165) is 29.0 Å². The standard InChI is InChI=1S/C26H24F3N3O5/c1-26(2,3)37-25(36)30-22-14-9-31(10-15(14)22)21-8-20-13(7-18(21)29)23(33)16(24(34)35)11-32(20)19-5-4-12(27)6-17(19)28/h4-8,11,14-15,22H,9-10H2,1-3H3,(H,30,36)(H,34,35). The predicted molar refractivity (Wildman–Crippen MR) is 129 cm³/mol. The maximum absolute atomic E-state index is 15.2. The summed E-state index contributed by atoms with van der Waals surface area (Å²) in [7, 11) is 0. The Morgan fingerprint density at radius 2 is 1.68 bits per heavy atom. The number of halogens is 3. The molecule has 0 radical (unpaired) electrons. The first-order valence-electron chi connectivity index (χ1n) is 11.7. The lowest BCUT2D eigenvalue weighted by atomic mass is 10.1. The van der Waals surface area contributed by atoms with E-state index in [9.17, 15) is 28.3 Å². The SMILES string of the molecule is CC(C)(C)OC(=O)NC1C2CN(c3cc4c(cc3F)c(=O)c(C(=O)O)cn4-c3ccc(F)cc3F)CC21. The fraction of sp³-hybridized carbons (Fsp3) is 0.346. The van der Waals surface area contributed by atoms with E-state index in [1.807, 2.05) is 0 Å². The van der Waals surface area contributed by atoms with E-state index in [-0.39, 0.29) is 40.2 Å². The number of aromatic carboxylic acids is 1. The third-order valence-electron chi connectivity index (χ3n) is 6.69. The maximum Gasteiger partial charge on any atom is 0.407 e. The number of hydrogen-bond acceptors (Lipinski definition) is 5. The van der Waals surface area contributed by atoms with E-state index < -0.39 is 46.1 Å². The van der Waals surface area contributed by atoms with E-state index >= 15 is 4.39 Å². The van der Waals surface area contributed by atoms with Gasteiger partial charge >= 0.3 is 12.1 Å². The number of aromatic nitrogens is 1. The Morgan fingerprint density at radius 1 is 1.03 bits per heavy atom. The van der Waals surface area contributed by atoms with Crippen LogP contribution in [0.15, 0.2) is 41.3 Å². The summed E-state index contributed by atoms with van der Waals surface area (Å²) in [5, 5.41) is 12.1. The maximum atomic E-state index is 15.2. The second-order valence-electron chi connectivity index (χ2n) is 10.4. The molecular formula is C26H24F3N3O5. The summed E-state index contributed by atoms with van der Waals surface area (Å²) in [4.78, 5) is 38.3. The Kier molecular flexibility index (Phi) is 5.69. The summed E-state index contributed by atoms with van der Waals surface area (Å²) in [6.45, 7) is 6.15. The number of alkyl carbamates (subject to hydrolysis) is 1. The van der Waals surface area contributed by atoms with E-state index in [1.54, 1.807) is 25.7 Å². The van der Waals surface area contributed by atoms with Crippen molar-refractivity contribution in [2.75, 3.05) is 18.0 Å². The summed E-state index contributed by atoms with van der Waals surface area (Å²) in [6, 6.07) is 4.95. The molecule has 1 amide bonds. The van der Waals surface area contributed by atoms with Crippen molar-refractivity contribution in [2.24, 2.45) is 11.8 Å². The van der Waals surface area contributed by atoms with Gasteiger partial charge in [-0.2, -0.15) is 0 Å². The normalized spacial score (nSPS) is 20.6. The van der Waals surface area contributed by atoms with Crippen LogP contribution in [0.2, 0.25) is 0 Å². The first kappa shape index (κ1) is 24.7. The molecule has 2 unspecified atom stereocenters. The molecule has 1 aromatic heterocycles. The first-order chi connectivity index (χ1) is 17.3. The summed E-state index contributed by atoms with van der Waals surface area (Å²) in [5.41, 5.74) is -2.21. The lowest BCUT2D eigenvalue weighted by Gasteiger charge is -2.25. The number of fused-ring (bicyclic) bond motifs is 2. The van der Waals surface area contributed by atoms with Crippen molar-refractivity contribution in [2.45, 2.75) is 32.4 Å². The Bertz CT molecular complexity index is 1500. The van der Waals surface area contributed by atoms with Crippen molar-refractivity contribution in [1.29, 1.82) is 0 Å². The molecule has 2 aromatic carbocycles. The second-order valence-corrected chi connectivity index (χ2v) is 10.4. The molecule has 37 heavy (non-hydrogen) atoms. The molecular weight excluding hydrogens is 491 g/mol. The summed E-state index contributed by atoms with van der Waals surface area (Å²) in [5.74, 6) is -3.96. The summed E-state index contributed by atoms with van der Waals surface area (Å²) in [6.07, 6.45) is 0.433. The smallest absolute Gasteiger partial charge is 0.407 e. The number of anilines is 1. The van der Waals surface area contributed by atoms with Gasteiger partial charge in [0.05, 0.1) is 16.9 Å². The number of benzene rings is 2. The molecule has 11 heteroatoms. The highest BCUT2D eigenvalue weighted by Gasteiger charge is 2.57. The van der Waals surface area contributed by atoms with Crippen molar-refractivity contribution >= 4 is 28.7 Å². The molecule has 2 atom stereocenters. The number of pyridine rings is 1. The van der Waals surface area contributed by atoms with Crippen molar-refractivity contribution in [3.8, 4) is 5.69 Å². The topological polar surface area (TPSA) is 101 Å². The average Bonchev–Trinajstić information content (AvgIpc) is 3.21. The number of piperidine rings is 1. The van der Waals surface area contributed by atoms with E-state index in [1.165, 1.54) is 6.07 Å². The van der Waals surface area contributed by atoms with E-state index in [0.29, 0.717) is 19.2 Å². The van der Waals surface area contributed by atoms with Gasteiger partial charge in [-0.1, -0.05) is 0 Å². The lowest BCUT2D eigenvalue weighted by molar-refractivity contribution is 0.0517. The fourth-order valence-electron chi connectivity index (χ4n) is 4.99. The molecule has 5 rings (SSSR count). The lowest BCUT2D eigenvalue weighted by Crippen LogP contribution is -2.38. The van der Waals surface area contributed by atoms with Crippen molar-refractivity contribution in [3.05, 3.63) is 69.8 Å². The minimum atomic E-state index is -1.56. The van der Waals surface area contributed by atoms with Gasteiger partial charge in [0, 0.05) is 48.6 Å². The zero-order chi connectivity index (χ0) is 26.8. The largest absolute Gasteiger partial charge is 0.477 e. The predicted octanol–water partition coefficient (Wildman–Crippen LogP) is 4.07. The number of ether oxygens (including phenoxy) is 1. The fourth-order valence-corrected chi connectivity index (χ4v) is 4.99. The zero-order valence-corrected chi connectivity index (χ0v) is 20.2. The van der Waals surface area contributed by atoms with Gasteiger partial charge in [0.15, 0.2) is 0 Å². The third kappa shape index (κ3) is 4.49. The van der Waals surface area contributed by atoms with Gasteiger partial charge in [-0.15, -0.1) is 0 Å². The highest BCUT2D eigenvalue weighted by molar-refractivity contribution is 5.94. The van der Waals surface area contributed by atoms with Gasteiger partial charge in [0.1, 0.15) is 28.6 Å². The quantitative estimate of drug-likeness (QED) is 0.544. The number of nitrogens with one attached hydrogen (secondary N) is 1. The Labute approximate surface area is 209 Å². The number of carbonyl (C=O) groups is 2. The highest BCUT2D eigenvalue weighted by atomic mass is 19.1. The van der Waals surface area contributed by atoms with Gasteiger partial charge in [-0.25, -0.2) is 22.8 Å². The van der Waals surface area contributed by atoms with E-state index in [2.05, 4.69) is 5.32 Å². The van der Waals surface area contributed by atoms with Gasteiger partial charge in [-0.3, -0.25) is 4.79 Å². The van der Waals surface area contributed by atoms with Crippen LogP contribution in [0.25, 0.3) is 16.6 Å². The van der Waals surface area contributed by atoms with Crippen LogP contribution in [0.5, 0.6) is 0 Å². The van der Waals surface area contributed by atoms with Gasteiger partial charge in [0.25, 0.3) is 0 Å². The van der Waals surface area contributed by atoms with Crippen LogP contribution in [0.3, 0.4) is 0 Å². The van der Waals surface area contributed by atoms with Crippen LogP contribution in [0.1, 0.15) is 31.1 Å². The number of carboxylic acids is 1. The molecule has 2 aliphatic rings. The molecule has 2 fully saturated rings. The van der Waals surface area contributed by atoms with Gasteiger partial charge < -0.3 is 24.6 Å². The Morgan fingerprint density at radius 3 is 2.27 bits per heavy atom. The molecule has 8 nitrogen and oxygen atoms in total. The van der Waals surface area contributed by atoms with Crippen molar-refractivity contribution in [3.63, 3.8) is 0 Å². The van der Waals surface area contributed by atoms with Crippen LogP contribution < -0.4 is 15.6 Å². The Balaban J connectivity index is 1.49. The number of amides is 1. The monoisotopic (exact) mass is 515 g/mol. The molecule has 2 heterocycles.